The van der Waals surface area contributed by atoms with Crippen LogP contribution in [0.1, 0.15) is 25.7 Å². The van der Waals surface area contributed by atoms with E-state index in [4.69, 9.17) is 0 Å². The van der Waals surface area contributed by atoms with Gasteiger partial charge in [-0.2, -0.15) is 0 Å². The van der Waals surface area contributed by atoms with E-state index < -0.39 is 0 Å². The van der Waals surface area contributed by atoms with Gasteiger partial charge in [0, 0.05) is 12.5 Å². The van der Waals surface area contributed by atoms with Crippen LogP contribution in [0.5, 0.6) is 0 Å². The Hall–Kier alpha value is -1.05. The lowest BCUT2D eigenvalue weighted by Crippen LogP contribution is -2.23. The summed E-state index contributed by atoms with van der Waals surface area (Å²) >= 11 is 0. The first-order chi connectivity index (χ1) is 5.93. The van der Waals surface area contributed by atoms with Crippen molar-refractivity contribution >= 4 is 6.29 Å². The fourth-order valence-electron chi connectivity index (χ4n) is 1.26. The summed E-state index contributed by atoms with van der Waals surface area (Å²) < 4.78 is 0. The molecule has 0 saturated heterocycles. The molecule has 0 aromatic rings. The van der Waals surface area contributed by atoms with E-state index in [1.807, 2.05) is 12.3 Å². The Morgan fingerprint density at radius 1 is 1.33 bits per heavy atom. The topological polar surface area (TPSA) is 29.1 Å². The number of nitrogens with one attached hydrogen (secondary N) is 1. The maximum atomic E-state index is 10.0. The predicted molar refractivity (Wildman–Crippen MR) is 49.7 cm³/mol. The maximum absolute atomic E-state index is 10.0. The molecule has 0 radical (unpaired) electrons. The lowest BCUT2D eigenvalue weighted by atomic mass is 10.1. The minimum atomic E-state index is 0.474. The molecule has 66 valence electrons. The summed E-state index contributed by atoms with van der Waals surface area (Å²) in [6.45, 7) is 0. The third-order valence-electron chi connectivity index (χ3n) is 1.95. The van der Waals surface area contributed by atoms with Crippen molar-refractivity contribution in [1.82, 2.24) is 5.32 Å². The van der Waals surface area contributed by atoms with E-state index in [0.717, 1.165) is 25.5 Å². The molecule has 1 aliphatic rings. The Morgan fingerprint density at radius 3 is 2.92 bits per heavy atom. The van der Waals surface area contributed by atoms with Gasteiger partial charge in [-0.15, -0.1) is 0 Å². The average Bonchev–Trinajstić information content (AvgIpc) is 2.14. The van der Waals surface area contributed by atoms with Crippen LogP contribution in [0, 0.1) is 0 Å². The maximum Gasteiger partial charge on any atom is 0.119 e. The van der Waals surface area contributed by atoms with Gasteiger partial charge in [-0.1, -0.05) is 18.6 Å². The van der Waals surface area contributed by atoms with Crippen LogP contribution in [0.15, 0.2) is 24.4 Å². The van der Waals surface area contributed by atoms with Crippen LogP contribution < -0.4 is 5.32 Å². The normalized spacial score (nSPS) is 20.5. The van der Waals surface area contributed by atoms with Crippen LogP contribution in [0.4, 0.5) is 0 Å². The highest BCUT2D eigenvalue weighted by molar-refractivity contribution is 5.48. The molecule has 0 spiro atoms. The molecule has 12 heavy (non-hydrogen) atoms. The Bertz CT molecular complexity index is 184. The molecule has 1 N–H and O–H groups in total. The van der Waals surface area contributed by atoms with Crippen molar-refractivity contribution in [1.29, 1.82) is 0 Å². The number of rotatable bonds is 5. The molecule has 0 aliphatic carbocycles. The molecule has 1 unspecified atom stereocenters. The second-order valence-corrected chi connectivity index (χ2v) is 2.97. The Labute approximate surface area is 73.4 Å². The monoisotopic (exact) mass is 165 g/mol. The highest BCUT2D eigenvalue weighted by Gasteiger charge is 2.02. The summed E-state index contributed by atoms with van der Waals surface area (Å²) in [7, 11) is 0. The molecule has 0 aromatic carbocycles. The Balaban J connectivity index is 2.03. The Morgan fingerprint density at radius 2 is 2.25 bits per heavy atom. The van der Waals surface area contributed by atoms with Gasteiger partial charge in [0.15, 0.2) is 0 Å². The van der Waals surface area contributed by atoms with Crippen molar-refractivity contribution in [3.8, 4) is 0 Å². The van der Waals surface area contributed by atoms with Crippen molar-refractivity contribution in [3.63, 3.8) is 0 Å². The van der Waals surface area contributed by atoms with Gasteiger partial charge in [0.05, 0.1) is 0 Å². The van der Waals surface area contributed by atoms with Gasteiger partial charge < -0.3 is 10.1 Å². The number of unbranched alkanes of at least 4 members (excludes halogenated alkanes) is 2. The van der Waals surface area contributed by atoms with Gasteiger partial charge >= 0.3 is 0 Å². The molecule has 0 aromatic heterocycles. The molecular formula is C10H15NO. The number of carbonyl (C=O) groups is 1. The smallest absolute Gasteiger partial charge is 0.119 e. The summed E-state index contributed by atoms with van der Waals surface area (Å²) in [5.74, 6) is 0. The van der Waals surface area contributed by atoms with Crippen LogP contribution in [-0.2, 0) is 4.79 Å². The van der Waals surface area contributed by atoms with Crippen molar-refractivity contribution in [2.75, 3.05) is 0 Å². The van der Waals surface area contributed by atoms with Crippen LogP contribution in [0.2, 0.25) is 0 Å². The number of hydrogen-bond acceptors (Lipinski definition) is 2. The number of carbonyl (C=O) groups excluding carboxylic acids is 1. The van der Waals surface area contributed by atoms with Gasteiger partial charge in [0.2, 0.25) is 0 Å². The van der Waals surface area contributed by atoms with Crippen LogP contribution in [0.3, 0.4) is 0 Å². The summed E-state index contributed by atoms with van der Waals surface area (Å²) in [5.41, 5.74) is 0. The summed E-state index contributed by atoms with van der Waals surface area (Å²) in [4.78, 5) is 10.0. The number of dihydropyridines is 1. The summed E-state index contributed by atoms with van der Waals surface area (Å²) in [6, 6.07) is 0.474. The van der Waals surface area contributed by atoms with Gasteiger partial charge in [-0.3, -0.25) is 0 Å². The molecule has 0 saturated carbocycles. The standard InChI is InChI=1S/C10H15NO/c12-9-5-1-2-6-10-7-3-4-8-11-10/h3-4,7-11H,1-2,5-6H2. The SMILES string of the molecule is O=CCCCCC1C=CC=CN1. The van der Waals surface area contributed by atoms with Crippen molar-refractivity contribution < 1.29 is 4.79 Å². The van der Waals surface area contributed by atoms with E-state index in [-0.39, 0.29) is 0 Å². The number of hydrogen-bond donors (Lipinski definition) is 1. The lowest BCUT2D eigenvalue weighted by Gasteiger charge is -2.14. The first kappa shape index (κ1) is 9.04. The minimum absolute atomic E-state index is 0.474. The van der Waals surface area contributed by atoms with E-state index in [9.17, 15) is 4.79 Å². The molecule has 2 heteroatoms. The third-order valence-corrected chi connectivity index (χ3v) is 1.95. The second-order valence-electron chi connectivity index (χ2n) is 2.97. The highest BCUT2D eigenvalue weighted by Crippen LogP contribution is 2.06. The summed E-state index contributed by atoms with van der Waals surface area (Å²) in [6.07, 6.45) is 13.1. The number of allylic oxidation sites excluding steroid dienone is 2. The van der Waals surface area contributed by atoms with E-state index in [2.05, 4.69) is 17.5 Å². The van der Waals surface area contributed by atoms with Gasteiger partial charge in [0.1, 0.15) is 6.29 Å². The van der Waals surface area contributed by atoms with Crippen molar-refractivity contribution in [2.45, 2.75) is 31.7 Å². The molecule has 0 amide bonds. The zero-order valence-electron chi connectivity index (χ0n) is 7.20. The second kappa shape index (κ2) is 5.58. The van der Waals surface area contributed by atoms with E-state index in [1.165, 1.54) is 0 Å². The fraction of sp³-hybridized carbons (Fsp3) is 0.500. The molecule has 1 atom stereocenters. The summed E-state index contributed by atoms with van der Waals surface area (Å²) in [5, 5.41) is 3.24. The average molecular weight is 165 g/mol. The third kappa shape index (κ3) is 3.37. The predicted octanol–water partition coefficient (Wildman–Crippen LogP) is 1.79. The van der Waals surface area contributed by atoms with Crippen LogP contribution >= 0.6 is 0 Å². The fourth-order valence-corrected chi connectivity index (χ4v) is 1.26. The molecule has 2 nitrogen and oxygen atoms in total. The largest absolute Gasteiger partial charge is 0.385 e. The van der Waals surface area contributed by atoms with Crippen molar-refractivity contribution in [3.05, 3.63) is 24.4 Å². The zero-order chi connectivity index (χ0) is 8.65. The van der Waals surface area contributed by atoms with Gasteiger partial charge in [-0.05, 0) is 25.1 Å². The molecule has 1 aliphatic heterocycles. The van der Waals surface area contributed by atoms with E-state index >= 15 is 0 Å². The highest BCUT2D eigenvalue weighted by atomic mass is 16.1. The first-order valence-electron chi connectivity index (χ1n) is 4.46. The zero-order valence-corrected chi connectivity index (χ0v) is 7.20. The van der Waals surface area contributed by atoms with E-state index in [1.54, 1.807) is 0 Å². The lowest BCUT2D eigenvalue weighted by molar-refractivity contribution is -0.107. The molecule has 1 heterocycles. The quantitative estimate of drug-likeness (QED) is 0.497. The first-order valence-corrected chi connectivity index (χ1v) is 4.46. The molecule has 1 rings (SSSR count). The van der Waals surface area contributed by atoms with Crippen LogP contribution in [-0.4, -0.2) is 12.3 Å². The van der Waals surface area contributed by atoms with Gasteiger partial charge in [-0.25, -0.2) is 0 Å². The Kier molecular flexibility index (Phi) is 4.21. The van der Waals surface area contributed by atoms with Crippen LogP contribution in [0.25, 0.3) is 0 Å². The van der Waals surface area contributed by atoms with Gasteiger partial charge in [0.25, 0.3) is 0 Å². The molecule has 0 fully saturated rings. The number of aldehydes is 1. The van der Waals surface area contributed by atoms with E-state index in [0.29, 0.717) is 12.5 Å². The van der Waals surface area contributed by atoms with Crippen molar-refractivity contribution in [2.24, 2.45) is 0 Å². The molecular weight excluding hydrogens is 150 g/mol. The minimum Gasteiger partial charge on any atom is -0.385 e. The molecule has 0 bridgehead atoms.